The van der Waals surface area contributed by atoms with Crippen molar-refractivity contribution in [3.05, 3.63) is 28.8 Å². The van der Waals surface area contributed by atoms with Crippen LogP contribution in [0.25, 0.3) is 0 Å². The fraction of sp³-hybridized carbons (Fsp3) is 0.400. The van der Waals surface area contributed by atoms with E-state index in [0.29, 0.717) is 5.92 Å². The SMILES string of the molecule is CC1CC2C(=O)N(c3ccc(C(=O)O)cc3Cl)C(=O)C2C1. The van der Waals surface area contributed by atoms with Crippen molar-refractivity contribution in [2.75, 3.05) is 4.90 Å². The van der Waals surface area contributed by atoms with Gasteiger partial charge in [-0.15, -0.1) is 0 Å². The number of hydrogen-bond donors (Lipinski definition) is 1. The van der Waals surface area contributed by atoms with Gasteiger partial charge in [0.1, 0.15) is 0 Å². The van der Waals surface area contributed by atoms with Gasteiger partial charge in [-0.1, -0.05) is 18.5 Å². The molecule has 6 heteroatoms. The lowest BCUT2D eigenvalue weighted by atomic mass is 10.00. The number of carboxylic acids is 1. The predicted octanol–water partition coefficient (Wildman–Crippen LogP) is 2.57. The maximum absolute atomic E-state index is 12.4. The molecule has 2 amide bonds. The van der Waals surface area contributed by atoms with E-state index in [0.717, 1.165) is 17.7 Å². The second-order valence-corrected chi connectivity index (χ2v) is 6.18. The van der Waals surface area contributed by atoms with Gasteiger partial charge in [0, 0.05) is 0 Å². The molecule has 0 spiro atoms. The number of rotatable bonds is 2. The molecule has 2 atom stereocenters. The van der Waals surface area contributed by atoms with Gasteiger partial charge >= 0.3 is 5.97 Å². The number of halogens is 1. The van der Waals surface area contributed by atoms with Crippen LogP contribution in [0.15, 0.2) is 18.2 Å². The van der Waals surface area contributed by atoms with Gasteiger partial charge in [0.2, 0.25) is 11.8 Å². The highest BCUT2D eigenvalue weighted by molar-refractivity contribution is 6.36. The first-order chi connectivity index (χ1) is 9.90. The molecule has 1 aliphatic carbocycles. The molecule has 5 nitrogen and oxygen atoms in total. The molecule has 3 rings (SSSR count). The predicted molar refractivity (Wildman–Crippen MR) is 76.3 cm³/mol. The van der Waals surface area contributed by atoms with Gasteiger partial charge in [0.25, 0.3) is 0 Å². The number of amides is 2. The van der Waals surface area contributed by atoms with Crippen LogP contribution in [0.4, 0.5) is 5.69 Å². The summed E-state index contributed by atoms with van der Waals surface area (Å²) in [6, 6.07) is 4.03. The van der Waals surface area contributed by atoms with E-state index in [9.17, 15) is 14.4 Å². The van der Waals surface area contributed by atoms with E-state index in [1.165, 1.54) is 18.2 Å². The fourth-order valence-corrected chi connectivity index (χ4v) is 3.60. The summed E-state index contributed by atoms with van der Waals surface area (Å²) in [5, 5.41) is 9.03. The zero-order valence-corrected chi connectivity index (χ0v) is 12.1. The molecular formula is C15H14ClNO4. The van der Waals surface area contributed by atoms with E-state index in [1.807, 2.05) is 6.92 Å². The molecule has 110 valence electrons. The Kier molecular flexibility index (Phi) is 3.24. The minimum absolute atomic E-state index is 0.0247. The monoisotopic (exact) mass is 307 g/mol. The third kappa shape index (κ3) is 2.12. The lowest BCUT2D eigenvalue weighted by Crippen LogP contribution is -2.32. The summed E-state index contributed by atoms with van der Waals surface area (Å²) >= 11 is 6.06. The second kappa shape index (κ2) is 4.84. The van der Waals surface area contributed by atoms with Crippen molar-refractivity contribution in [1.29, 1.82) is 0 Å². The molecule has 21 heavy (non-hydrogen) atoms. The van der Waals surface area contributed by atoms with Gasteiger partial charge < -0.3 is 5.11 Å². The Labute approximate surface area is 126 Å². The van der Waals surface area contributed by atoms with Crippen molar-refractivity contribution in [2.24, 2.45) is 17.8 Å². The molecule has 0 radical (unpaired) electrons. The molecule has 1 saturated carbocycles. The van der Waals surface area contributed by atoms with E-state index in [-0.39, 0.29) is 39.9 Å². The van der Waals surface area contributed by atoms with Crippen LogP contribution in [-0.2, 0) is 9.59 Å². The Hall–Kier alpha value is -1.88. The molecule has 2 fully saturated rings. The van der Waals surface area contributed by atoms with Crippen LogP contribution in [0, 0.1) is 17.8 Å². The molecule has 1 saturated heterocycles. The number of benzene rings is 1. The van der Waals surface area contributed by atoms with Crippen LogP contribution in [0.2, 0.25) is 5.02 Å². The summed E-state index contributed by atoms with van der Waals surface area (Å²) < 4.78 is 0. The highest BCUT2D eigenvalue weighted by Gasteiger charge is 2.52. The molecule has 1 N–H and O–H groups in total. The normalized spacial score (nSPS) is 28.1. The Bertz CT molecular complexity index is 633. The van der Waals surface area contributed by atoms with Crippen LogP contribution in [0.5, 0.6) is 0 Å². The van der Waals surface area contributed by atoms with Crippen LogP contribution >= 0.6 is 11.6 Å². The maximum Gasteiger partial charge on any atom is 0.335 e. The zero-order valence-electron chi connectivity index (χ0n) is 11.4. The summed E-state index contributed by atoms with van der Waals surface area (Å²) in [5.74, 6) is -1.70. The van der Waals surface area contributed by atoms with Crippen molar-refractivity contribution in [3.8, 4) is 0 Å². The first-order valence-corrected chi connectivity index (χ1v) is 7.18. The molecule has 0 aromatic heterocycles. The minimum atomic E-state index is -1.10. The topological polar surface area (TPSA) is 74.7 Å². The summed E-state index contributed by atoms with van der Waals surface area (Å²) in [6.45, 7) is 2.04. The Morgan fingerprint density at radius 2 is 1.81 bits per heavy atom. The molecule has 1 aromatic rings. The smallest absolute Gasteiger partial charge is 0.335 e. The maximum atomic E-state index is 12.4. The van der Waals surface area contributed by atoms with Crippen LogP contribution in [-0.4, -0.2) is 22.9 Å². The molecule has 1 heterocycles. The van der Waals surface area contributed by atoms with Crippen LogP contribution in [0.1, 0.15) is 30.1 Å². The number of carboxylic acid groups (broad SMARTS) is 1. The summed E-state index contributed by atoms with van der Waals surface area (Å²) in [7, 11) is 0. The van der Waals surface area contributed by atoms with Gasteiger partial charge in [-0.2, -0.15) is 0 Å². The second-order valence-electron chi connectivity index (χ2n) is 5.77. The first kappa shape index (κ1) is 14.1. The molecular weight excluding hydrogens is 294 g/mol. The first-order valence-electron chi connectivity index (χ1n) is 6.80. The number of nitrogens with zero attached hydrogens (tertiary/aromatic N) is 1. The van der Waals surface area contributed by atoms with Crippen molar-refractivity contribution >= 4 is 35.1 Å². The van der Waals surface area contributed by atoms with Crippen LogP contribution in [0.3, 0.4) is 0 Å². The number of imide groups is 1. The van der Waals surface area contributed by atoms with Crippen LogP contribution < -0.4 is 4.90 Å². The quantitative estimate of drug-likeness (QED) is 0.852. The third-order valence-corrected chi connectivity index (χ3v) is 4.61. The summed E-state index contributed by atoms with van der Waals surface area (Å²) in [6.07, 6.45) is 1.44. The van der Waals surface area contributed by atoms with Crippen molar-refractivity contribution in [2.45, 2.75) is 19.8 Å². The highest BCUT2D eigenvalue weighted by Crippen LogP contribution is 2.45. The van der Waals surface area contributed by atoms with Gasteiger partial charge in [0.15, 0.2) is 0 Å². The number of carbonyl (C=O) groups excluding carboxylic acids is 2. The minimum Gasteiger partial charge on any atom is -0.478 e. The number of fused-ring (bicyclic) bond motifs is 1. The van der Waals surface area contributed by atoms with Gasteiger partial charge in [-0.3, -0.25) is 9.59 Å². The lowest BCUT2D eigenvalue weighted by Gasteiger charge is -2.18. The number of carbonyl (C=O) groups is 3. The fourth-order valence-electron chi connectivity index (χ4n) is 3.34. The average Bonchev–Trinajstić information content (AvgIpc) is 2.90. The molecule has 1 aliphatic heterocycles. The van der Waals surface area contributed by atoms with Gasteiger partial charge in [0.05, 0.1) is 28.1 Å². The van der Waals surface area contributed by atoms with Gasteiger partial charge in [-0.25, -0.2) is 9.69 Å². The van der Waals surface area contributed by atoms with E-state index in [2.05, 4.69) is 0 Å². The van der Waals surface area contributed by atoms with Crippen molar-refractivity contribution < 1.29 is 19.5 Å². The number of aromatic carboxylic acids is 1. The Morgan fingerprint density at radius 3 is 2.29 bits per heavy atom. The summed E-state index contributed by atoms with van der Waals surface area (Å²) in [5.41, 5.74) is 0.301. The van der Waals surface area contributed by atoms with Gasteiger partial charge in [-0.05, 0) is 37.0 Å². The molecule has 0 bridgehead atoms. The number of anilines is 1. The standard InChI is InChI=1S/C15H14ClNO4/c1-7-4-9-10(5-7)14(19)17(13(9)18)12-3-2-8(15(20)21)6-11(12)16/h2-3,6-7,9-10H,4-5H2,1H3,(H,20,21). The Balaban J connectivity index is 1.97. The Morgan fingerprint density at radius 1 is 1.24 bits per heavy atom. The van der Waals surface area contributed by atoms with Crippen molar-refractivity contribution in [3.63, 3.8) is 0 Å². The van der Waals surface area contributed by atoms with E-state index >= 15 is 0 Å². The lowest BCUT2D eigenvalue weighted by molar-refractivity contribution is -0.123. The molecule has 1 aromatic carbocycles. The highest BCUT2D eigenvalue weighted by atomic mass is 35.5. The number of hydrogen-bond acceptors (Lipinski definition) is 3. The largest absolute Gasteiger partial charge is 0.478 e. The molecule has 2 aliphatic rings. The third-order valence-electron chi connectivity index (χ3n) is 4.31. The summed E-state index contributed by atoms with van der Waals surface area (Å²) in [4.78, 5) is 36.9. The zero-order chi connectivity index (χ0) is 15.3. The van der Waals surface area contributed by atoms with E-state index in [4.69, 9.17) is 16.7 Å². The van der Waals surface area contributed by atoms with Crippen molar-refractivity contribution in [1.82, 2.24) is 0 Å². The average molecular weight is 308 g/mol. The van der Waals surface area contributed by atoms with E-state index < -0.39 is 5.97 Å². The molecule has 2 unspecified atom stereocenters. The van der Waals surface area contributed by atoms with E-state index in [1.54, 1.807) is 0 Å².